The number of morpholine rings is 1. The summed E-state index contributed by atoms with van der Waals surface area (Å²) in [5.41, 5.74) is 0. The van der Waals surface area contributed by atoms with Crippen LogP contribution in [0.3, 0.4) is 0 Å². The van der Waals surface area contributed by atoms with Crippen LogP contribution in [-0.4, -0.2) is 49.7 Å². The van der Waals surface area contributed by atoms with Gasteiger partial charge in [-0.3, -0.25) is 4.79 Å². The number of nitrogens with one attached hydrogen (secondary N) is 1. The Morgan fingerprint density at radius 2 is 2.00 bits per heavy atom. The highest BCUT2D eigenvalue weighted by Crippen LogP contribution is 2.27. The molecule has 1 amide bonds. The molecule has 1 aliphatic heterocycles. The molecule has 0 spiro atoms. The van der Waals surface area contributed by atoms with Crippen molar-refractivity contribution < 1.29 is 9.53 Å². The fourth-order valence-corrected chi connectivity index (χ4v) is 2.80. The van der Waals surface area contributed by atoms with E-state index in [4.69, 9.17) is 4.74 Å². The summed E-state index contributed by atoms with van der Waals surface area (Å²) in [4.78, 5) is 13.8. The summed E-state index contributed by atoms with van der Waals surface area (Å²) in [6, 6.07) is 0.475. The van der Waals surface area contributed by atoms with E-state index in [1.807, 2.05) is 4.90 Å². The van der Waals surface area contributed by atoms with Gasteiger partial charge < -0.3 is 15.0 Å². The highest BCUT2D eigenvalue weighted by atomic mass is 16.5. The van der Waals surface area contributed by atoms with E-state index in [0.29, 0.717) is 25.8 Å². The van der Waals surface area contributed by atoms with E-state index in [-0.39, 0.29) is 5.91 Å². The molecule has 1 saturated carbocycles. The lowest BCUT2D eigenvalue weighted by Gasteiger charge is -2.28. The number of nitrogens with zero attached hydrogens (tertiary/aromatic N) is 1. The molecule has 0 unspecified atom stereocenters. The quantitative estimate of drug-likeness (QED) is 0.797. The Hall–Kier alpha value is -0.610. The Labute approximate surface area is 104 Å². The highest BCUT2D eigenvalue weighted by Gasteiger charge is 2.23. The van der Waals surface area contributed by atoms with E-state index in [1.54, 1.807) is 0 Å². The van der Waals surface area contributed by atoms with Crippen molar-refractivity contribution in [2.45, 2.75) is 38.6 Å². The van der Waals surface area contributed by atoms with Gasteiger partial charge in [0.05, 0.1) is 19.8 Å². The van der Waals surface area contributed by atoms with Crippen LogP contribution in [0.1, 0.15) is 32.6 Å². The van der Waals surface area contributed by atoms with Crippen LogP contribution in [0.2, 0.25) is 0 Å². The molecule has 0 aromatic carbocycles. The SMILES string of the molecule is C[C@H](NCC(=O)N1CCOCC1)C1CCCC1. The van der Waals surface area contributed by atoms with Crippen LogP contribution in [0, 0.1) is 5.92 Å². The molecule has 2 rings (SSSR count). The summed E-state index contributed by atoms with van der Waals surface area (Å²) in [6.45, 7) is 5.56. The molecule has 4 heteroatoms. The molecule has 1 heterocycles. The van der Waals surface area contributed by atoms with Crippen molar-refractivity contribution in [2.75, 3.05) is 32.8 Å². The summed E-state index contributed by atoms with van der Waals surface area (Å²) in [5, 5.41) is 3.39. The lowest BCUT2D eigenvalue weighted by Crippen LogP contribution is -2.46. The minimum absolute atomic E-state index is 0.221. The molecule has 2 fully saturated rings. The van der Waals surface area contributed by atoms with Gasteiger partial charge in [0, 0.05) is 19.1 Å². The molecule has 1 N–H and O–H groups in total. The summed E-state index contributed by atoms with van der Waals surface area (Å²) >= 11 is 0. The summed E-state index contributed by atoms with van der Waals surface area (Å²) < 4.78 is 5.24. The number of hydrogen-bond acceptors (Lipinski definition) is 3. The molecule has 1 atom stereocenters. The third kappa shape index (κ3) is 3.68. The van der Waals surface area contributed by atoms with Crippen molar-refractivity contribution in [3.8, 4) is 0 Å². The van der Waals surface area contributed by atoms with Crippen LogP contribution < -0.4 is 5.32 Å². The Bertz CT molecular complexity index is 246. The predicted octanol–water partition coefficient (Wildman–Crippen LogP) is 1.01. The smallest absolute Gasteiger partial charge is 0.236 e. The minimum atomic E-state index is 0.221. The van der Waals surface area contributed by atoms with Gasteiger partial charge in [-0.2, -0.15) is 0 Å². The van der Waals surface area contributed by atoms with Gasteiger partial charge in [-0.15, -0.1) is 0 Å². The fraction of sp³-hybridized carbons (Fsp3) is 0.923. The van der Waals surface area contributed by atoms with Crippen molar-refractivity contribution in [1.29, 1.82) is 0 Å². The molecule has 4 nitrogen and oxygen atoms in total. The Kier molecular flexibility index (Phi) is 4.80. The molecule has 1 saturated heterocycles. The monoisotopic (exact) mass is 240 g/mol. The van der Waals surface area contributed by atoms with Gasteiger partial charge in [-0.25, -0.2) is 0 Å². The standard InChI is InChI=1S/C13H24N2O2/c1-11(12-4-2-3-5-12)14-10-13(16)15-6-8-17-9-7-15/h11-12,14H,2-10H2,1H3/t11-/m0/s1. The molecule has 0 bridgehead atoms. The third-order valence-electron chi connectivity index (χ3n) is 4.05. The fourth-order valence-electron chi connectivity index (χ4n) is 2.80. The van der Waals surface area contributed by atoms with Gasteiger partial charge in [-0.1, -0.05) is 12.8 Å². The van der Waals surface area contributed by atoms with Crippen LogP contribution >= 0.6 is 0 Å². The van der Waals surface area contributed by atoms with E-state index in [1.165, 1.54) is 25.7 Å². The summed E-state index contributed by atoms with van der Waals surface area (Å²) in [7, 11) is 0. The molecule has 98 valence electrons. The van der Waals surface area contributed by atoms with E-state index >= 15 is 0 Å². The van der Waals surface area contributed by atoms with Crippen molar-refractivity contribution in [3.05, 3.63) is 0 Å². The average Bonchev–Trinajstić information content (AvgIpc) is 2.90. The maximum Gasteiger partial charge on any atom is 0.236 e. The lowest BCUT2D eigenvalue weighted by molar-refractivity contribution is -0.134. The predicted molar refractivity (Wildman–Crippen MR) is 66.8 cm³/mol. The largest absolute Gasteiger partial charge is 0.378 e. The second-order valence-corrected chi connectivity index (χ2v) is 5.21. The number of rotatable bonds is 4. The Morgan fingerprint density at radius 1 is 1.35 bits per heavy atom. The van der Waals surface area contributed by atoms with E-state index in [9.17, 15) is 4.79 Å². The van der Waals surface area contributed by atoms with Gasteiger partial charge >= 0.3 is 0 Å². The zero-order valence-corrected chi connectivity index (χ0v) is 10.8. The van der Waals surface area contributed by atoms with E-state index in [0.717, 1.165) is 19.0 Å². The first-order valence-electron chi connectivity index (χ1n) is 6.86. The minimum Gasteiger partial charge on any atom is -0.378 e. The van der Waals surface area contributed by atoms with Crippen LogP contribution in [0.15, 0.2) is 0 Å². The second kappa shape index (κ2) is 6.36. The van der Waals surface area contributed by atoms with Gasteiger partial charge in [0.25, 0.3) is 0 Å². The molecule has 0 radical (unpaired) electrons. The van der Waals surface area contributed by atoms with Crippen molar-refractivity contribution in [3.63, 3.8) is 0 Å². The number of ether oxygens (including phenoxy) is 1. The number of carbonyl (C=O) groups is 1. The van der Waals surface area contributed by atoms with Gasteiger partial charge in [-0.05, 0) is 25.7 Å². The van der Waals surface area contributed by atoms with Gasteiger partial charge in [0.1, 0.15) is 0 Å². The van der Waals surface area contributed by atoms with Crippen molar-refractivity contribution >= 4 is 5.91 Å². The number of amides is 1. The van der Waals surface area contributed by atoms with Crippen molar-refractivity contribution in [1.82, 2.24) is 10.2 Å². The van der Waals surface area contributed by atoms with Crippen LogP contribution in [0.25, 0.3) is 0 Å². The maximum atomic E-state index is 11.9. The second-order valence-electron chi connectivity index (χ2n) is 5.21. The van der Waals surface area contributed by atoms with E-state index in [2.05, 4.69) is 12.2 Å². The highest BCUT2D eigenvalue weighted by molar-refractivity contribution is 5.78. The lowest BCUT2D eigenvalue weighted by atomic mass is 10.00. The van der Waals surface area contributed by atoms with Gasteiger partial charge in [0.2, 0.25) is 5.91 Å². The zero-order chi connectivity index (χ0) is 12.1. The normalized spacial score (nSPS) is 23.9. The molecule has 17 heavy (non-hydrogen) atoms. The average molecular weight is 240 g/mol. The summed E-state index contributed by atoms with van der Waals surface area (Å²) in [6.07, 6.45) is 5.35. The first-order valence-corrected chi connectivity index (χ1v) is 6.86. The van der Waals surface area contributed by atoms with Crippen LogP contribution in [-0.2, 0) is 9.53 Å². The van der Waals surface area contributed by atoms with Crippen molar-refractivity contribution in [2.24, 2.45) is 5.92 Å². The molecule has 0 aromatic heterocycles. The van der Waals surface area contributed by atoms with E-state index < -0.39 is 0 Å². The Morgan fingerprint density at radius 3 is 2.65 bits per heavy atom. The number of carbonyl (C=O) groups excluding carboxylic acids is 1. The van der Waals surface area contributed by atoms with Gasteiger partial charge in [0.15, 0.2) is 0 Å². The molecule has 1 aliphatic carbocycles. The zero-order valence-electron chi connectivity index (χ0n) is 10.8. The van der Waals surface area contributed by atoms with Crippen LogP contribution in [0.5, 0.6) is 0 Å². The first kappa shape index (κ1) is 12.8. The Balaban J connectivity index is 1.67. The number of hydrogen-bond donors (Lipinski definition) is 1. The molecular formula is C13H24N2O2. The van der Waals surface area contributed by atoms with Crippen LogP contribution in [0.4, 0.5) is 0 Å². The first-order chi connectivity index (χ1) is 8.27. The third-order valence-corrected chi connectivity index (χ3v) is 4.05. The summed E-state index contributed by atoms with van der Waals surface area (Å²) in [5.74, 6) is 0.991. The molecule has 2 aliphatic rings. The topological polar surface area (TPSA) is 41.6 Å². The molecule has 0 aromatic rings. The maximum absolute atomic E-state index is 11.9. The molecular weight excluding hydrogens is 216 g/mol.